The molecule has 1 rings (SSSR count). The van der Waals surface area contributed by atoms with E-state index in [4.69, 9.17) is 0 Å². The van der Waals surface area contributed by atoms with Crippen molar-refractivity contribution in [1.29, 1.82) is 0 Å². The molecule has 1 aromatic heterocycles. The van der Waals surface area contributed by atoms with E-state index in [-0.39, 0.29) is 11.9 Å². The number of pyridine rings is 1. The summed E-state index contributed by atoms with van der Waals surface area (Å²) in [5.41, 5.74) is 1.64. The summed E-state index contributed by atoms with van der Waals surface area (Å²) in [5, 5.41) is 5.97. The second-order valence-electron chi connectivity index (χ2n) is 4.52. The average molecular weight is 249 g/mol. The first kappa shape index (κ1) is 14.5. The molecule has 4 nitrogen and oxygen atoms in total. The van der Waals surface area contributed by atoms with Crippen molar-refractivity contribution in [2.24, 2.45) is 0 Å². The van der Waals surface area contributed by atoms with Crippen molar-refractivity contribution in [3.8, 4) is 0 Å². The van der Waals surface area contributed by atoms with Gasteiger partial charge in [0.15, 0.2) is 0 Å². The first-order chi connectivity index (χ1) is 8.60. The molecule has 0 aliphatic carbocycles. The van der Waals surface area contributed by atoms with Crippen LogP contribution in [0, 0.1) is 0 Å². The van der Waals surface area contributed by atoms with E-state index >= 15 is 0 Å². The number of carbonyl (C=O) groups is 1. The van der Waals surface area contributed by atoms with Gasteiger partial charge in [0.2, 0.25) is 0 Å². The summed E-state index contributed by atoms with van der Waals surface area (Å²) in [6, 6.07) is 3.86. The Morgan fingerprint density at radius 3 is 2.67 bits per heavy atom. The maximum atomic E-state index is 12.1. The van der Waals surface area contributed by atoms with Crippen LogP contribution in [0.4, 0.5) is 5.82 Å². The number of rotatable bonds is 6. The maximum Gasteiger partial charge on any atom is 0.251 e. The second kappa shape index (κ2) is 6.99. The Bertz CT molecular complexity index is 404. The summed E-state index contributed by atoms with van der Waals surface area (Å²) in [6.07, 6.45) is 2.84. The summed E-state index contributed by atoms with van der Waals surface area (Å²) >= 11 is 0. The van der Waals surface area contributed by atoms with Crippen LogP contribution in [0.15, 0.2) is 12.1 Å². The normalized spacial score (nSPS) is 12.0. The predicted octanol–water partition coefficient (Wildman–Crippen LogP) is 2.60. The van der Waals surface area contributed by atoms with Gasteiger partial charge in [-0.15, -0.1) is 0 Å². The zero-order valence-corrected chi connectivity index (χ0v) is 11.7. The molecule has 0 aliphatic rings. The number of amides is 1. The minimum absolute atomic E-state index is 0.0272. The van der Waals surface area contributed by atoms with Gasteiger partial charge in [0.25, 0.3) is 5.91 Å². The van der Waals surface area contributed by atoms with E-state index in [2.05, 4.69) is 29.5 Å². The van der Waals surface area contributed by atoms with Crippen molar-refractivity contribution >= 4 is 11.7 Å². The maximum absolute atomic E-state index is 12.1. The molecule has 0 aliphatic heterocycles. The Morgan fingerprint density at radius 2 is 2.11 bits per heavy atom. The smallest absolute Gasteiger partial charge is 0.251 e. The third-order valence-electron chi connectivity index (χ3n) is 2.89. The van der Waals surface area contributed by atoms with Gasteiger partial charge in [0, 0.05) is 24.3 Å². The average Bonchev–Trinajstić information content (AvgIpc) is 2.38. The van der Waals surface area contributed by atoms with Gasteiger partial charge in [0.05, 0.1) is 0 Å². The Labute approximate surface area is 109 Å². The van der Waals surface area contributed by atoms with Crippen LogP contribution in [-0.2, 0) is 6.42 Å². The summed E-state index contributed by atoms with van der Waals surface area (Å²) in [7, 11) is 1.81. The molecule has 18 heavy (non-hydrogen) atoms. The first-order valence-corrected chi connectivity index (χ1v) is 6.60. The van der Waals surface area contributed by atoms with Gasteiger partial charge in [-0.3, -0.25) is 4.79 Å². The lowest BCUT2D eigenvalue weighted by molar-refractivity contribution is 0.0939. The molecule has 0 fully saturated rings. The molecule has 100 valence electrons. The van der Waals surface area contributed by atoms with Gasteiger partial charge < -0.3 is 10.6 Å². The van der Waals surface area contributed by atoms with E-state index < -0.39 is 0 Å². The highest BCUT2D eigenvalue weighted by atomic mass is 16.1. The lowest BCUT2D eigenvalue weighted by atomic mass is 10.1. The van der Waals surface area contributed by atoms with E-state index in [1.54, 1.807) is 6.07 Å². The first-order valence-electron chi connectivity index (χ1n) is 6.60. The van der Waals surface area contributed by atoms with Crippen LogP contribution < -0.4 is 10.6 Å². The number of carbonyl (C=O) groups excluding carboxylic acids is 1. The molecule has 0 bridgehead atoms. The van der Waals surface area contributed by atoms with E-state index in [0.29, 0.717) is 5.56 Å². The highest BCUT2D eigenvalue weighted by molar-refractivity contribution is 5.95. The van der Waals surface area contributed by atoms with Crippen molar-refractivity contribution in [1.82, 2.24) is 10.3 Å². The highest BCUT2D eigenvalue weighted by Gasteiger charge is 2.11. The third-order valence-corrected chi connectivity index (χ3v) is 2.89. The Balaban J connectivity index is 2.92. The van der Waals surface area contributed by atoms with Gasteiger partial charge in [-0.2, -0.15) is 0 Å². The molecule has 1 heterocycles. The predicted molar refractivity (Wildman–Crippen MR) is 75.0 cm³/mol. The van der Waals surface area contributed by atoms with Gasteiger partial charge >= 0.3 is 0 Å². The zero-order valence-electron chi connectivity index (χ0n) is 11.7. The van der Waals surface area contributed by atoms with Gasteiger partial charge in [0.1, 0.15) is 5.82 Å². The Hall–Kier alpha value is -1.58. The molecule has 0 saturated heterocycles. The van der Waals surface area contributed by atoms with Crippen molar-refractivity contribution in [3.05, 3.63) is 23.4 Å². The lowest BCUT2D eigenvalue weighted by Crippen LogP contribution is -2.32. The SMILES string of the molecule is CCCc1cc(C(=O)NC(C)CC)cc(NC)n1. The molecule has 4 heteroatoms. The molecule has 0 saturated carbocycles. The number of aryl methyl sites for hydroxylation is 1. The summed E-state index contributed by atoms with van der Waals surface area (Å²) in [4.78, 5) is 16.5. The van der Waals surface area contributed by atoms with Gasteiger partial charge in [-0.05, 0) is 31.9 Å². The van der Waals surface area contributed by atoms with Crippen molar-refractivity contribution in [2.75, 3.05) is 12.4 Å². The molecule has 1 unspecified atom stereocenters. The monoisotopic (exact) mass is 249 g/mol. The molecule has 0 aromatic carbocycles. The summed E-state index contributed by atoms with van der Waals surface area (Å²) in [6.45, 7) is 6.16. The van der Waals surface area contributed by atoms with E-state index in [0.717, 1.165) is 30.8 Å². The fourth-order valence-corrected chi connectivity index (χ4v) is 1.64. The molecule has 0 spiro atoms. The fourth-order valence-electron chi connectivity index (χ4n) is 1.64. The topological polar surface area (TPSA) is 54.0 Å². The van der Waals surface area contributed by atoms with Crippen LogP contribution in [0.3, 0.4) is 0 Å². The number of hydrogen-bond donors (Lipinski definition) is 2. The number of anilines is 1. The van der Waals surface area contributed by atoms with Crippen LogP contribution in [0.5, 0.6) is 0 Å². The molecule has 0 radical (unpaired) electrons. The molecule has 1 aromatic rings. The molecular weight excluding hydrogens is 226 g/mol. The number of aromatic nitrogens is 1. The number of hydrogen-bond acceptors (Lipinski definition) is 3. The molecule has 2 N–H and O–H groups in total. The quantitative estimate of drug-likeness (QED) is 0.815. The highest BCUT2D eigenvalue weighted by Crippen LogP contribution is 2.12. The fraction of sp³-hybridized carbons (Fsp3) is 0.571. The largest absolute Gasteiger partial charge is 0.373 e. The Kier molecular flexibility index (Phi) is 5.62. The molecule has 1 amide bonds. The van der Waals surface area contributed by atoms with Gasteiger partial charge in [-0.25, -0.2) is 4.98 Å². The van der Waals surface area contributed by atoms with E-state index in [9.17, 15) is 4.79 Å². The van der Waals surface area contributed by atoms with E-state index in [1.165, 1.54) is 0 Å². The van der Waals surface area contributed by atoms with Gasteiger partial charge in [-0.1, -0.05) is 20.3 Å². The van der Waals surface area contributed by atoms with Crippen LogP contribution >= 0.6 is 0 Å². The number of nitrogens with zero attached hydrogens (tertiary/aromatic N) is 1. The van der Waals surface area contributed by atoms with Crippen molar-refractivity contribution < 1.29 is 4.79 Å². The van der Waals surface area contributed by atoms with Crippen molar-refractivity contribution in [2.45, 2.75) is 46.1 Å². The summed E-state index contributed by atoms with van der Waals surface area (Å²) < 4.78 is 0. The Morgan fingerprint density at radius 1 is 1.39 bits per heavy atom. The molecular formula is C14H23N3O. The standard InChI is InChI=1S/C14H23N3O/c1-5-7-12-8-11(9-13(15-4)17-12)14(18)16-10(3)6-2/h8-10H,5-7H2,1-4H3,(H,15,17)(H,16,18). The van der Waals surface area contributed by atoms with Crippen LogP contribution in [0.1, 0.15) is 49.7 Å². The number of nitrogens with one attached hydrogen (secondary N) is 2. The molecule has 1 atom stereocenters. The van der Waals surface area contributed by atoms with Crippen LogP contribution in [-0.4, -0.2) is 24.0 Å². The minimum Gasteiger partial charge on any atom is -0.373 e. The third kappa shape index (κ3) is 4.02. The van der Waals surface area contributed by atoms with Crippen LogP contribution in [0.25, 0.3) is 0 Å². The minimum atomic E-state index is -0.0272. The van der Waals surface area contributed by atoms with Crippen LogP contribution in [0.2, 0.25) is 0 Å². The van der Waals surface area contributed by atoms with E-state index in [1.807, 2.05) is 20.0 Å². The van der Waals surface area contributed by atoms with Crippen molar-refractivity contribution in [3.63, 3.8) is 0 Å². The summed E-state index contributed by atoms with van der Waals surface area (Å²) in [5.74, 6) is 0.718. The lowest BCUT2D eigenvalue weighted by Gasteiger charge is -2.13. The second-order valence-corrected chi connectivity index (χ2v) is 4.52. The zero-order chi connectivity index (χ0) is 13.5.